The van der Waals surface area contributed by atoms with Crippen molar-refractivity contribution in [2.75, 3.05) is 5.32 Å². The molecule has 2 aromatic rings. The molecule has 4 atom stereocenters. The zero-order chi connectivity index (χ0) is 30.5. The van der Waals surface area contributed by atoms with Gasteiger partial charge in [0.2, 0.25) is 0 Å². The van der Waals surface area contributed by atoms with Gasteiger partial charge in [0.1, 0.15) is 11.5 Å². The summed E-state index contributed by atoms with van der Waals surface area (Å²) in [6.45, 7) is 2.11. The standard InChI is InChI=1S/C33H41F2NO6/c1-2-3-6-9-24(37)15-18-27-26(30(38)21-31(27)39)10-7-4-5-8-11-32(40)42-25-16-13-23(14-17-25)36-33(41)22-12-19-28(34)29(35)20-22/h12-20,24,26-27,31,37,39H,2-11,21H2,1H3,(H,36,41)/b18-15+/t24?,26-,27-,31-/m1/s1. The third-order valence-electron chi connectivity index (χ3n) is 7.56. The van der Waals surface area contributed by atoms with Gasteiger partial charge in [0.05, 0.1) is 12.2 Å². The van der Waals surface area contributed by atoms with Crippen molar-refractivity contribution in [1.82, 2.24) is 0 Å². The lowest BCUT2D eigenvalue weighted by molar-refractivity contribution is -0.134. The first-order valence-electron chi connectivity index (χ1n) is 14.8. The molecule has 1 amide bonds. The average molecular weight is 586 g/mol. The molecule has 3 rings (SSSR count). The lowest BCUT2D eigenvalue weighted by Crippen LogP contribution is -2.19. The summed E-state index contributed by atoms with van der Waals surface area (Å²) in [6.07, 6.45) is 10.2. The van der Waals surface area contributed by atoms with Gasteiger partial charge in [0, 0.05) is 35.9 Å². The predicted molar refractivity (Wildman–Crippen MR) is 156 cm³/mol. The van der Waals surface area contributed by atoms with Crippen LogP contribution in [0.4, 0.5) is 14.5 Å². The van der Waals surface area contributed by atoms with Gasteiger partial charge in [-0.2, -0.15) is 0 Å². The van der Waals surface area contributed by atoms with Gasteiger partial charge in [-0.25, -0.2) is 8.78 Å². The Bertz CT molecular complexity index is 1220. The van der Waals surface area contributed by atoms with E-state index in [1.807, 2.05) is 6.08 Å². The maximum Gasteiger partial charge on any atom is 0.311 e. The number of aliphatic hydroxyl groups excluding tert-OH is 2. The third-order valence-corrected chi connectivity index (χ3v) is 7.56. The third kappa shape index (κ3) is 10.4. The summed E-state index contributed by atoms with van der Waals surface area (Å²) in [4.78, 5) is 36.9. The first-order valence-corrected chi connectivity index (χ1v) is 14.8. The molecule has 1 aliphatic rings. The van der Waals surface area contributed by atoms with Crippen molar-refractivity contribution in [2.24, 2.45) is 11.8 Å². The summed E-state index contributed by atoms with van der Waals surface area (Å²) >= 11 is 0. The summed E-state index contributed by atoms with van der Waals surface area (Å²) in [5, 5.41) is 23.1. The molecule has 9 heteroatoms. The van der Waals surface area contributed by atoms with E-state index in [4.69, 9.17) is 4.74 Å². The van der Waals surface area contributed by atoms with Crippen LogP contribution in [-0.2, 0) is 9.59 Å². The summed E-state index contributed by atoms with van der Waals surface area (Å²) in [6, 6.07) is 9.01. The molecule has 42 heavy (non-hydrogen) atoms. The topological polar surface area (TPSA) is 113 Å². The number of amides is 1. The number of esters is 1. The highest BCUT2D eigenvalue weighted by atomic mass is 19.2. The minimum atomic E-state index is -1.11. The van der Waals surface area contributed by atoms with Crippen molar-refractivity contribution in [3.05, 3.63) is 71.8 Å². The number of halogens is 2. The van der Waals surface area contributed by atoms with Gasteiger partial charge in [-0.15, -0.1) is 0 Å². The van der Waals surface area contributed by atoms with Crippen LogP contribution < -0.4 is 10.1 Å². The molecule has 7 nitrogen and oxygen atoms in total. The Morgan fingerprint density at radius 1 is 1.02 bits per heavy atom. The second-order valence-corrected chi connectivity index (χ2v) is 10.9. The molecule has 0 aliphatic heterocycles. The molecular formula is C33H41F2NO6. The van der Waals surface area contributed by atoms with E-state index in [9.17, 15) is 33.4 Å². The van der Waals surface area contributed by atoms with Crippen LogP contribution in [0.15, 0.2) is 54.6 Å². The number of benzene rings is 2. The van der Waals surface area contributed by atoms with Crippen LogP contribution in [0.2, 0.25) is 0 Å². The number of ketones is 1. The fourth-order valence-corrected chi connectivity index (χ4v) is 5.17. The maximum absolute atomic E-state index is 13.4. The Kier molecular flexibility index (Phi) is 13.3. The minimum absolute atomic E-state index is 0.0264. The van der Waals surface area contributed by atoms with Crippen molar-refractivity contribution in [3.63, 3.8) is 0 Å². The number of anilines is 1. The lowest BCUT2D eigenvalue weighted by atomic mass is 9.88. The Hall–Kier alpha value is -3.43. The molecule has 1 aliphatic carbocycles. The normalized spacial score (nSPS) is 19.3. The van der Waals surface area contributed by atoms with Gasteiger partial charge in [0.15, 0.2) is 11.6 Å². The molecule has 0 aromatic heterocycles. The number of nitrogens with one attached hydrogen (secondary N) is 1. The monoisotopic (exact) mass is 585 g/mol. The number of carbonyl (C=O) groups is 3. The molecule has 1 saturated carbocycles. The van der Waals surface area contributed by atoms with E-state index in [1.165, 1.54) is 30.3 Å². The fourth-order valence-electron chi connectivity index (χ4n) is 5.17. The molecule has 2 aromatic carbocycles. The Balaban J connectivity index is 1.33. The van der Waals surface area contributed by atoms with Gasteiger partial charge in [0.25, 0.3) is 5.91 Å². The predicted octanol–water partition coefficient (Wildman–Crippen LogP) is 6.53. The zero-order valence-electron chi connectivity index (χ0n) is 24.1. The maximum atomic E-state index is 13.4. The first-order chi connectivity index (χ1) is 20.2. The number of aliphatic hydroxyl groups is 2. The second kappa shape index (κ2) is 16.9. The van der Waals surface area contributed by atoms with Crippen LogP contribution in [0, 0.1) is 23.5 Å². The van der Waals surface area contributed by atoms with Crippen LogP contribution in [0.5, 0.6) is 5.75 Å². The Morgan fingerprint density at radius 2 is 1.76 bits per heavy atom. The van der Waals surface area contributed by atoms with E-state index in [0.717, 1.165) is 50.7 Å². The number of rotatable bonds is 16. The second-order valence-electron chi connectivity index (χ2n) is 10.9. The number of carbonyl (C=O) groups excluding carboxylic acids is 3. The lowest BCUT2D eigenvalue weighted by Gasteiger charge is -2.18. The number of hydrogen-bond donors (Lipinski definition) is 3. The molecule has 228 valence electrons. The smallest absolute Gasteiger partial charge is 0.311 e. The van der Waals surface area contributed by atoms with Gasteiger partial charge in [-0.05, 0) is 61.7 Å². The molecule has 0 heterocycles. The van der Waals surface area contributed by atoms with Crippen molar-refractivity contribution in [1.29, 1.82) is 0 Å². The zero-order valence-corrected chi connectivity index (χ0v) is 24.1. The summed E-state index contributed by atoms with van der Waals surface area (Å²) < 4.78 is 31.8. The number of Topliss-reactive ketones (excluding diaryl/α,β-unsaturated/α-hetero) is 1. The summed E-state index contributed by atoms with van der Waals surface area (Å²) in [7, 11) is 0. The molecule has 3 N–H and O–H groups in total. The van der Waals surface area contributed by atoms with Crippen LogP contribution in [0.25, 0.3) is 0 Å². The SMILES string of the molecule is CCCCCC(O)/C=C/[C@H]1[C@H](O)CC(=O)[C@@H]1CCCCCCC(=O)Oc1ccc(NC(=O)c2ccc(F)c(F)c2)cc1. The molecular weight excluding hydrogens is 544 g/mol. The van der Waals surface area contributed by atoms with E-state index in [2.05, 4.69) is 12.2 Å². The largest absolute Gasteiger partial charge is 0.427 e. The highest BCUT2D eigenvalue weighted by Crippen LogP contribution is 2.34. The highest BCUT2D eigenvalue weighted by Gasteiger charge is 2.39. The van der Waals surface area contributed by atoms with Crippen LogP contribution in [0.3, 0.4) is 0 Å². The quantitative estimate of drug-likeness (QED) is 0.0894. The molecule has 0 radical (unpaired) electrons. The number of ether oxygens (including phenoxy) is 1. The summed E-state index contributed by atoms with van der Waals surface area (Å²) in [5.74, 6) is -3.25. The molecule has 1 fully saturated rings. The van der Waals surface area contributed by atoms with Crippen LogP contribution in [-0.4, -0.2) is 40.1 Å². The molecule has 0 saturated heterocycles. The van der Waals surface area contributed by atoms with Crippen molar-refractivity contribution in [3.8, 4) is 5.75 Å². The number of hydrogen-bond acceptors (Lipinski definition) is 6. The van der Waals surface area contributed by atoms with Gasteiger partial charge >= 0.3 is 5.97 Å². The first kappa shape index (κ1) is 33.1. The Labute approximate surface area is 246 Å². The minimum Gasteiger partial charge on any atom is -0.427 e. The van der Waals surface area contributed by atoms with Crippen molar-refractivity contribution in [2.45, 2.75) is 89.8 Å². The van der Waals surface area contributed by atoms with Crippen molar-refractivity contribution >= 4 is 23.3 Å². The highest BCUT2D eigenvalue weighted by molar-refractivity contribution is 6.04. The van der Waals surface area contributed by atoms with E-state index in [-0.39, 0.29) is 42.0 Å². The van der Waals surface area contributed by atoms with Crippen LogP contribution >= 0.6 is 0 Å². The van der Waals surface area contributed by atoms with E-state index in [0.29, 0.717) is 30.7 Å². The summed E-state index contributed by atoms with van der Waals surface area (Å²) in [5.41, 5.74) is 0.375. The van der Waals surface area contributed by atoms with E-state index < -0.39 is 29.7 Å². The van der Waals surface area contributed by atoms with Gasteiger partial charge < -0.3 is 20.3 Å². The van der Waals surface area contributed by atoms with E-state index >= 15 is 0 Å². The molecule has 0 bridgehead atoms. The molecule has 1 unspecified atom stereocenters. The van der Waals surface area contributed by atoms with Crippen molar-refractivity contribution < 1.29 is 38.1 Å². The fraction of sp³-hybridized carbons (Fsp3) is 0.485. The average Bonchev–Trinajstić information content (AvgIpc) is 3.23. The Morgan fingerprint density at radius 3 is 2.48 bits per heavy atom. The van der Waals surface area contributed by atoms with E-state index in [1.54, 1.807) is 6.08 Å². The molecule has 0 spiro atoms. The number of unbranched alkanes of at least 4 members (excludes halogenated alkanes) is 5. The van der Waals surface area contributed by atoms with Gasteiger partial charge in [-0.3, -0.25) is 14.4 Å². The van der Waals surface area contributed by atoms with Crippen LogP contribution in [0.1, 0.15) is 87.9 Å². The van der Waals surface area contributed by atoms with Gasteiger partial charge in [-0.1, -0.05) is 57.6 Å².